The van der Waals surface area contributed by atoms with Crippen molar-refractivity contribution < 1.29 is 19.2 Å². The Hall–Kier alpha value is -3.28. The van der Waals surface area contributed by atoms with Gasteiger partial charge >= 0.3 is 0 Å². The lowest BCUT2D eigenvalue weighted by atomic mass is 9.72. The van der Waals surface area contributed by atoms with Gasteiger partial charge in [-0.1, -0.05) is 58.9 Å². The average Bonchev–Trinajstić information content (AvgIpc) is 3.19. The lowest BCUT2D eigenvalue weighted by molar-refractivity contribution is -0.186. The van der Waals surface area contributed by atoms with Gasteiger partial charge in [0.25, 0.3) is 17.7 Å². The summed E-state index contributed by atoms with van der Waals surface area (Å²) in [5, 5.41) is 0. The third-order valence-electron chi connectivity index (χ3n) is 10.4. The van der Waals surface area contributed by atoms with Gasteiger partial charge in [0.2, 0.25) is 11.3 Å². The van der Waals surface area contributed by atoms with Gasteiger partial charge in [0.05, 0.1) is 12.1 Å². The van der Waals surface area contributed by atoms with Crippen LogP contribution in [0.1, 0.15) is 113 Å². The zero-order valence-electron chi connectivity index (χ0n) is 26.6. The first-order valence-corrected chi connectivity index (χ1v) is 15.1. The van der Waals surface area contributed by atoms with E-state index in [4.69, 9.17) is 0 Å². The fraction of sp³-hybridized carbons (Fsp3) is 0.543. The molecule has 0 atom stereocenters. The predicted octanol–water partition coefficient (Wildman–Crippen LogP) is 6.79. The summed E-state index contributed by atoms with van der Waals surface area (Å²) in [6, 6.07) is 8.58. The Labute approximate surface area is 245 Å². The van der Waals surface area contributed by atoms with E-state index >= 15 is 0 Å². The largest absolute Gasteiger partial charge is 0.274 e. The predicted molar refractivity (Wildman–Crippen MR) is 163 cm³/mol. The third-order valence-corrected chi connectivity index (χ3v) is 10.4. The number of anilines is 1. The SMILES string of the molecule is CCC(C)(CC)c1c(C)cc(Cc2cc(C)c(N3C(=O)CC4(C3=O)C(=O)N(C(C)(CC)CC)C4=O)c(C)c2)cc1C. The van der Waals surface area contributed by atoms with E-state index < -0.39 is 41.0 Å². The van der Waals surface area contributed by atoms with E-state index in [0.717, 1.165) is 40.9 Å². The van der Waals surface area contributed by atoms with E-state index in [9.17, 15) is 19.2 Å². The first-order chi connectivity index (χ1) is 19.1. The number of hydrogen-bond acceptors (Lipinski definition) is 4. The highest BCUT2D eigenvalue weighted by Gasteiger charge is 2.74. The molecule has 0 unspecified atom stereocenters. The van der Waals surface area contributed by atoms with Crippen molar-refractivity contribution in [1.82, 2.24) is 4.90 Å². The van der Waals surface area contributed by atoms with Gasteiger partial charge in [-0.3, -0.25) is 24.1 Å². The van der Waals surface area contributed by atoms with E-state index in [0.29, 0.717) is 18.5 Å². The van der Waals surface area contributed by atoms with Gasteiger partial charge in [0.15, 0.2) is 0 Å². The van der Waals surface area contributed by atoms with E-state index in [-0.39, 0.29) is 5.41 Å². The van der Waals surface area contributed by atoms with Crippen LogP contribution in [0.3, 0.4) is 0 Å². The summed E-state index contributed by atoms with van der Waals surface area (Å²) in [6.45, 7) is 20.7. The van der Waals surface area contributed by atoms with Crippen molar-refractivity contribution in [2.45, 2.75) is 119 Å². The minimum absolute atomic E-state index is 0.152. The molecule has 2 aliphatic heterocycles. The van der Waals surface area contributed by atoms with Gasteiger partial charge in [-0.15, -0.1) is 0 Å². The monoisotopic (exact) mass is 558 g/mol. The highest BCUT2D eigenvalue weighted by Crippen LogP contribution is 2.50. The van der Waals surface area contributed by atoms with Crippen LogP contribution in [-0.4, -0.2) is 34.1 Å². The fourth-order valence-electron chi connectivity index (χ4n) is 7.26. The first kappa shape index (κ1) is 30.7. The average molecular weight is 559 g/mol. The smallest absolute Gasteiger partial charge is 0.259 e. The summed E-state index contributed by atoms with van der Waals surface area (Å²) in [5.41, 5.74) is 5.96. The van der Waals surface area contributed by atoms with Crippen molar-refractivity contribution in [1.29, 1.82) is 0 Å². The molecule has 6 nitrogen and oxygen atoms in total. The van der Waals surface area contributed by atoms with Gasteiger partial charge in [-0.2, -0.15) is 0 Å². The molecular formula is C35H46N2O4. The number of nitrogens with zero attached hydrogens (tertiary/aromatic N) is 2. The number of imide groups is 2. The van der Waals surface area contributed by atoms with Gasteiger partial charge in [0.1, 0.15) is 0 Å². The van der Waals surface area contributed by atoms with Crippen LogP contribution in [0, 0.1) is 33.1 Å². The second-order valence-electron chi connectivity index (χ2n) is 12.9. The molecule has 0 aliphatic carbocycles. The summed E-state index contributed by atoms with van der Waals surface area (Å²) in [5.74, 6) is -2.29. The van der Waals surface area contributed by atoms with Crippen LogP contribution in [0.15, 0.2) is 24.3 Å². The molecule has 1 spiro atoms. The Bertz CT molecular complexity index is 1380. The number of β-lactam (4-membered cyclic amide) rings is 2. The van der Waals surface area contributed by atoms with Gasteiger partial charge in [-0.05, 0) is 111 Å². The third kappa shape index (κ3) is 4.45. The molecule has 41 heavy (non-hydrogen) atoms. The van der Waals surface area contributed by atoms with Crippen molar-refractivity contribution >= 4 is 29.3 Å². The normalized spacial score (nSPS) is 17.2. The molecule has 0 bridgehead atoms. The molecule has 4 amide bonds. The second kappa shape index (κ2) is 10.5. The Morgan fingerprint density at radius 3 is 1.54 bits per heavy atom. The van der Waals surface area contributed by atoms with Crippen LogP contribution in [-0.2, 0) is 31.0 Å². The molecule has 2 fully saturated rings. The maximum absolute atomic E-state index is 13.7. The first-order valence-electron chi connectivity index (χ1n) is 15.1. The Morgan fingerprint density at radius 1 is 0.683 bits per heavy atom. The number of carbonyl (C=O) groups excluding carboxylic acids is 4. The molecule has 4 rings (SSSR count). The van der Waals surface area contributed by atoms with E-state index in [1.54, 1.807) is 0 Å². The summed E-state index contributed by atoms with van der Waals surface area (Å²) >= 11 is 0. The molecule has 0 N–H and O–H groups in total. The highest BCUT2D eigenvalue weighted by molar-refractivity contribution is 6.44. The summed E-state index contributed by atoms with van der Waals surface area (Å²) in [4.78, 5) is 56.1. The van der Waals surface area contributed by atoms with Crippen LogP contribution in [0.25, 0.3) is 0 Å². The number of rotatable bonds is 9. The number of aryl methyl sites for hydroxylation is 4. The van der Waals surface area contributed by atoms with Crippen molar-refractivity contribution in [2.24, 2.45) is 5.41 Å². The van der Waals surface area contributed by atoms with E-state index in [2.05, 4.69) is 46.8 Å². The van der Waals surface area contributed by atoms with E-state index in [1.807, 2.05) is 46.8 Å². The molecule has 0 saturated carbocycles. The summed E-state index contributed by atoms with van der Waals surface area (Å²) in [6.07, 6.45) is 3.67. The number of likely N-dealkylation sites (tertiary alicyclic amines) is 1. The molecule has 2 aromatic carbocycles. The van der Waals surface area contributed by atoms with Gasteiger partial charge in [-0.25, -0.2) is 4.90 Å². The van der Waals surface area contributed by atoms with Crippen molar-refractivity contribution in [3.63, 3.8) is 0 Å². The number of hydrogen-bond donors (Lipinski definition) is 0. The van der Waals surface area contributed by atoms with Crippen molar-refractivity contribution in [3.8, 4) is 0 Å². The zero-order valence-corrected chi connectivity index (χ0v) is 26.6. The number of benzene rings is 2. The number of carbonyl (C=O) groups is 4. The van der Waals surface area contributed by atoms with Crippen LogP contribution in [0.5, 0.6) is 0 Å². The molecule has 220 valence electrons. The maximum atomic E-state index is 13.7. The molecule has 2 aromatic rings. The topological polar surface area (TPSA) is 74.8 Å². The van der Waals surface area contributed by atoms with Crippen molar-refractivity contribution in [2.75, 3.05) is 4.90 Å². The minimum atomic E-state index is -1.91. The van der Waals surface area contributed by atoms with E-state index in [1.165, 1.54) is 27.2 Å². The molecule has 2 aliphatic rings. The minimum Gasteiger partial charge on any atom is -0.274 e. The molecule has 0 radical (unpaired) electrons. The Kier molecular flexibility index (Phi) is 7.87. The van der Waals surface area contributed by atoms with Crippen LogP contribution in [0.2, 0.25) is 0 Å². The molecule has 2 heterocycles. The molecular weight excluding hydrogens is 512 g/mol. The standard InChI is InChI=1S/C35H46N2O4/c1-11-33(9,12-2)28-21(5)15-25(16-22(28)6)19-26-17-23(7)29(24(8)18-26)36-27(38)20-35(30(36)39)31(40)37(32(35)41)34(10,13-3)14-4/h15-18H,11-14,19-20H2,1-10H3. The van der Waals surface area contributed by atoms with Gasteiger partial charge < -0.3 is 0 Å². The van der Waals surface area contributed by atoms with Crippen LogP contribution in [0.4, 0.5) is 5.69 Å². The number of amides is 4. The lowest BCUT2D eigenvalue weighted by Crippen LogP contribution is -2.74. The molecule has 0 aromatic heterocycles. The highest BCUT2D eigenvalue weighted by atomic mass is 16.2. The fourth-order valence-corrected chi connectivity index (χ4v) is 7.26. The summed E-state index contributed by atoms with van der Waals surface area (Å²) in [7, 11) is 0. The van der Waals surface area contributed by atoms with Gasteiger partial charge in [0, 0.05) is 5.54 Å². The Morgan fingerprint density at radius 2 is 1.12 bits per heavy atom. The summed E-state index contributed by atoms with van der Waals surface area (Å²) < 4.78 is 0. The van der Waals surface area contributed by atoms with Crippen LogP contribution >= 0.6 is 0 Å². The second-order valence-corrected chi connectivity index (χ2v) is 12.9. The van der Waals surface area contributed by atoms with Crippen LogP contribution < -0.4 is 4.90 Å². The molecule has 6 heteroatoms. The Balaban J connectivity index is 1.64. The molecule has 2 saturated heterocycles. The quantitative estimate of drug-likeness (QED) is 0.193. The van der Waals surface area contributed by atoms with Crippen molar-refractivity contribution in [3.05, 3.63) is 63.2 Å². The maximum Gasteiger partial charge on any atom is 0.259 e. The lowest BCUT2D eigenvalue weighted by Gasteiger charge is -2.51. The zero-order chi connectivity index (χ0) is 30.7.